The molecule has 1 aromatic rings. The van der Waals surface area contributed by atoms with Crippen molar-refractivity contribution in [3.63, 3.8) is 0 Å². The van der Waals surface area contributed by atoms with Crippen molar-refractivity contribution in [3.8, 4) is 0 Å². The maximum atomic E-state index is 2.34. The third-order valence-corrected chi connectivity index (χ3v) is 3.69. The highest BCUT2D eigenvalue weighted by molar-refractivity contribution is 8.02. The predicted molar refractivity (Wildman–Crippen MR) is 63.3 cm³/mol. The van der Waals surface area contributed by atoms with Crippen molar-refractivity contribution in [1.82, 2.24) is 0 Å². The second-order valence-corrected chi connectivity index (χ2v) is 5.54. The van der Waals surface area contributed by atoms with Gasteiger partial charge in [0.05, 0.1) is 0 Å². The van der Waals surface area contributed by atoms with E-state index >= 15 is 0 Å². The number of hydrogen-bond donors (Lipinski definition) is 0. The van der Waals surface area contributed by atoms with Gasteiger partial charge in [-0.2, -0.15) is 0 Å². The molecule has 14 heavy (non-hydrogen) atoms. The fourth-order valence-electron chi connectivity index (χ4n) is 1.55. The molecule has 0 nitrogen and oxygen atoms in total. The minimum absolute atomic E-state index is 0.563. The molecular weight excluding hydrogens is 188 g/mol. The lowest BCUT2D eigenvalue weighted by Crippen LogP contribution is -1.84. The second kappa shape index (κ2) is 3.82. The smallest absolute Gasteiger partial charge is 0.0116 e. The van der Waals surface area contributed by atoms with Crippen LogP contribution in [0, 0.1) is 11.3 Å². The first kappa shape index (κ1) is 9.85. The van der Waals surface area contributed by atoms with E-state index in [4.69, 9.17) is 0 Å². The van der Waals surface area contributed by atoms with E-state index in [-0.39, 0.29) is 0 Å². The molecule has 1 atom stereocenters. The number of benzene rings is 1. The quantitative estimate of drug-likeness (QED) is 0.660. The van der Waals surface area contributed by atoms with Crippen LogP contribution in [-0.2, 0) is 0 Å². The van der Waals surface area contributed by atoms with E-state index in [1.54, 1.807) is 0 Å². The zero-order chi connectivity index (χ0) is 10.0. The summed E-state index contributed by atoms with van der Waals surface area (Å²) in [6.07, 6.45) is 3.69. The Morgan fingerprint density at radius 1 is 1.29 bits per heavy atom. The average Bonchev–Trinajstić information content (AvgIpc) is 2.76. The van der Waals surface area contributed by atoms with Crippen molar-refractivity contribution < 1.29 is 0 Å². The van der Waals surface area contributed by atoms with E-state index in [0.29, 0.717) is 5.41 Å². The lowest BCUT2D eigenvalue weighted by atomic mass is 10.1. The molecule has 74 valence electrons. The summed E-state index contributed by atoms with van der Waals surface area (Å²) in [6, 6.07) is 10.5. The fourth-order valence-corrected chi connectivity index (χ4v) is 2.29. The molecular formula is C13H16S. The number of thioether (sulfide) groups is 1. The van der Waals surface area contributed by atoms with Gasteiger partial charge in [-0.3, -0.25) is 0 Å². The molecule has 1 fully saturated rings. The summed E-state index contributed by atoms with van der Waals surface area (Å²) in [5, 5.41) is 2.23. The zero-order valence-electron chi connectivity index (χ0n) is 8.73. The molecule has 2 rings (SSSR count). The first-order valence-corrected chi connectivity index (χ1v) is 5.95. The molecule has 0 amide bonds. The van der Waals surface area contributed by atoms with Gasteiger partial charge in [-0.05, 0) is 35.3 Å². The summed E-state index contributed by atoms with van der Waals surface area (Å²) in [6.45, 7) is 4.66. The molecule has 1 aliphatic rings. The molecule has 0 radical (unpaired) electrons. The molecule has 0 N–H and O–H groups in total. The van der Waals surface area contributed by atoms with E-state index in [2.05, 4.69) is 55.7 Å². The maximum Gasteiger partial charge on any atom is 0.0116 e. The van der Waals surface area contributed by atoms with Crippen LogP contribution in [0.15, 0.2) is 46.7 Å². The van der Waals surface area contributed by atoms with Gasteiger partial charge in [0.2, 0.25) is 0 Å². The Labute approximate surface area is 90.4 Å². The molecule has 0 spiro atoms. The summed E-state index contributed by atoms with van der Waals surface area (Å²) >= 11 is 1.81. The maximum absolute atomic E-state index is 2.34. The standard InChI is InChI=1S/C13H16S/c1-13(2)10-11(13)8-9-14-12-6-4-3-5-7-12/h3-9,11H,10H2,1-2H3. The van der Waals surface area contributed by atoms with Crippen LogP contribution in [0.3, 0.4) is 0 Å². The van der Waals surface area contributed by atoms with E-state index in [9.17, 15) is 0 Å². The largest absolute Gasteiger partial charge is 0.0984 e. The van der Waals surface area contributed by atoms with E-state index in [0.717, 1.165) is 5.92 Å². The molecule has 0 bridgehead atoms. The van der Waals surface area contributed by atoms with Crippen molar-refractivity contribution in [1.29, 1.82) is 0 Å². The van der Waals surface area contributed by atoms with Gasteiger partial charge in [0, 0.05) is 4.90 Å². The Kier molecular flexibility index (Phi) is 2.69. The predicted octanol–water partition coefficient (Wildman–Crippen LogP) is 4.34. The number of allylic oxidation sites excluding steroid dienone is 1. The van der Waals surface area contributed by atoms with Gasteiger partial charge in [-0.15, -0.1) is 0 Å². The van der Waals surface area contributed by atoms with Crippen LogP contribution in [0.25, 0.3) is 0 Å². The summed E-state index contributed by atoms with van der Waals surface area (Å²) in [7, 11) is 0. The van der Waals surface area contributed by atoms with Crippen LogP contribution >= 0.6 is 11.8 Å². The van der Waals surface area contributed by atoms with Gasteiger partial charge < -0.3 is 0 Å². The highest BCUT2D eigenvalue weighted by Crippen LogP contribution is 2.52. The van der Waals surface area contributed by atoms with Gasteiger partial charge >= 0.3 is 0 Å². The molecule has 0 saturated heterocycles. The Morgan fingerprint density at radius 2 is 1.93 bits per heavy atom. The SMILES string of the molecule is CC1(C)CC1C=CSc1ccccc1. The third-order valence-electron chi connectivity index (χ3n) is 2.85. The molecule has 1 unspecified atom stereocenters. The first-order valence-electron chi connectivity index (χ1n) is 5.07. The van der Waals surface area contributed by atoms with Gasteiger partial charge in [0.15, 0.2) is 0 Å². The number of hydrogen-bond acceptors (Lipinski definition) is 1. The van der Waals surface area contributed by atoms with Crippen molar-refractivity contribution in [2.75, 3.05) is 0 Å². The van der Waals surface area contributed by atoms with Gasteiger partial charge in [0.25, 0.3) is 0 Å². The Morgan fingerprint density at radius 3 is 2.50 bits per heavy atom. The van der Waals surface area contributed by atoms with E-state index < -0.39 is 0 Å². The molecule has 0 heterocycles. The minimum atomic E-state index is 0.563. The Bertz CT molecular complexity index is 324. The molecule has 0 aliphatic heterocycles. The van der Waals surface area contributed by atoms with Crippen LogP contribution < -0.4 is 0 Å². The average molecular weight is 204 g/mol. The topological polar surface area (TPSA) is 0 Å². The monoisotopic (exact) mass is 204 g/mol. The molecule has 1 saturated carbocycles. The molecule has 0 aromatic heterocycles. The first-order chi connectivity index (χ1) is 6.68. The summed E-state index contributed by atoms with van der Waals surface area (Å²) in [5.41, 5.74) is 0.563. The normalized spacial score (nSPS) is 24.0. The minimum Gasteiger partial charge on any atom is -0.0984 e. The fraction of sp³-hybridized carbons (Fsp3) is 0.385. The summed E-state index contributed by atoms with van der Waals surface area (Å²) < 4.78 is 0. The number of rotatable bonds is 3. The van der Waals surface area contributed by atoms with Crippen LogP contribution in [-0.4, -0.2) is 0 Å². The Balaban J connectivity index is 1.84. The highest BCUT2D eigenvalue weighted by atomic mass is 32.2. The summed E-state index contributed by atoms with van der Waals surface area (Å²) in [5.74, 6) is 0.804. The molecule has 1 heteroatoms. The van der Waals surface area contributed by atoms with Crippen LogP contribution in [0.1, 0.15) is 20.3 Å². The van der Waals surface area contributed by atoms with Crippen LogP contribution in [0.5, 0.6) is 0 Å². The molecule has 1 aliphatic carbocycles. The van der Waals surface area contributed by atoms with E-state index in [1.165, 1.54) is 11.3 Å². The lowest BCUT2D eigenvalue weighted by molar-refractivity contribution is 0.610. The molecule has 1 aromatic carbocycles. The van der Waals surface area contributed by atoms with Crippen molar-refractivity contribution >= 4 is 11.8 Å². The Hall–Kier alpha value is -0.690. The van der Waals surface area contributed by atoms with Crippen molar-refractivity contribution in [3.05, 3.63) is 41.8 Å². The van der Waals surface area contributed by atoms with Gasteiger partial charge in [-0.1, -0.05) is 49.9 Å². The van der Waals surface area contributed by atoms with Crippen LogP contribution in [0.4, 0.5) is 0 Å². The zero-order valence-corrected chi connectivity index (χ0v) is 9.55. The second-order valence-electron chi connectivity index (χ2n) is 4.56. The van der Waals surface area contributed by atoms with Gasteiger partial charge in [0.1, 0.15) is 0 Å². The van der Waals surface area contributed by atoms with Crippen LogP contribution in [0.2, 0.25) is 0 Å². The summed E-state index contributed by atoms with van der Waals surface area (Å²) in [4.78, 5) is 1.32. The van der Waals surface area contributed by atoms with Crippen molar-refractivity contribution in [2.24, 2.45) is 11.3 Å². The third kappa shape index (κ3) is 2.42. The van der Waals surface area contributed by atoms with E-state index in [1.807, 2.05) is 11.8 Å². The van der Waals surface area contributed by atoms with Gasteiger partial charge in [-0.25, -0.2) is 0 Å². The van der Waals surface area contributed by atoms with Crippen molar-refractivity contribution in [2.45, 2.75) is 25.2 Å². The highest BCUT2D eigenvalue weighted by Gasteiger charge is 2.43. The lowest BCUT2D eigenvalue weighted by Gasteiger charge is -1.96.